The van der Waals surface area contributed by atoms with Gasteiger partial charge in [-0.05, 0) is 29.7 Å². The molecule has 0 saturated heterocycles. The van der Waals surface area contributed by atoms with Gasteiger partial charge in [-0.25, -0.2) is 4.79 Å². The molecule has 0 unspecified atom stereocenters. The third-order valence-electron chi connectivity index (χ3n) is 4.07. The Hall–Kier alpha value is -2.91. The van der Waals surface area contributed by atoms with Crippen LogP contribution < -0.4 is 11.1 Å². The van der Waals surface area contributed by atoms with Gasteiger partial charge in [0.1, 0.15) is 6.10 Å². The van der Waals surface area contributed by atoms with Crippen molar-refractivity contribution < 1.29 is 33.0 Å². The van der Waals surface area contributed by atoms with Crippen LogP contribution in [0.4, 0.5) is 13.2 Å². The minimum absolute atomic E-state index is 0.150. The summed E-state index contributed by atoms with van der Waals surface area (Å²) >= 11 is 0. The largest absolute Gasteiger partial charge is 0.479 e. The quantitative estimate of drug-likeness (QED) is 0.571. The molecule has 1 amide bonds. The van der Waals surface area contributed by atoms with Crippen LogP contribution in [0.1, 0.15) is 22.7 Å². The standard InChI is InChI=1S/C19H19F3N2O4/c20-19(21,22)13-8-4-7-12(10-13)15(18(27)28)24-17(26)16(25)14(23)9-11-5-2-1-3-6-11/h1-8,10,14-16,25H,9,23H2,(H,24,26)(H,27,28)/t14-,15+,16+/m1/s1. The van der Waals surface area contributed by atoms with Gasteiger partial charge in [0.2, 0.25) is 0 Å². The Bertz CT molecular complexity index is 827. The predicted molar refractivity (Wildman–Crippen MR) is 94.1 cm³/mol. The van der Waals surface area contributed by atoms with Crippen LogP contribution in [0.2, 0.25) is 0 Å². The molecule has 9 heteroatoms. The number of carboxylic acid groups (broad SMARTS) is 1. The number of aliphatic hydroxyl groups excluding tert-OH is 1. The second-order valence-corrected chi connectivity index (χ2v) is 6.20. The van der Waals surface area contributed by atoms with Crippen LogP contribution in [0.25, 0.3) is 0 Å². The van der Waals surface area contributed by atoms with Crippen LogP contribution in [0, 0.1) is 0 Å². The first-order chi connectivity index (χ1) is 13.1. The van der Waals surface area contributed by atoms with E-state index in [0.717, 1.165) is 23.8 Å². The summed E-state index contributed by atoms with van der Waals surface area (Å²) in [6, 6.07) is 9.58. The van der Waals surface area contributed by atoms with Gasteiger partial charge in [-0.1, -0.05) is 42.5 Å². The van der Waals surface area contributed by atoms with Crippen molar-refractivity contribution in [2.45, 2.75) is 30.8 Å². The maximum Gasteiger partial charge on any atom is 0.416 e. The molecule has 0 aliphatic carbocycles. The normalized spacial score (nSPS) is 14.8. The van der Waals surface area contributed by atoms with Gasteiger partial charge < -0.3 is 21.3 Å². The summed E-state index contributed by atoms with van der Waals surface area (Å²) in [7, 11) is 0. The molecule has 6 nitrogen and oxygen atoms in total. The van der Waals surface area contributed by atoms with Crippen molar-refractivity contribution in [2.24, 2.45) is 5.73 Å². The first kappa shape index (κ1) is 21.4. The monoisotopic (exact) mass is 396 g/mol. The van der Waals surface area contributed by atoms with E-state index in [0.29, 0.717) is 6.07 Å². The van der Waals surface area contributed by atoms with Crippen LogP contribution in [0.15, 0.2) is 54.6 Å². The first-order valence-corrected chi connectivity index (χ1v) is 8.27. The highest BCUT2D eigenvalue weighted by Gasteiger charge is 2.33. The summed E-state index contributed by atoms with van der Waals surface area (Å²) in [6.45, 7) is 0. The fourth-order valence-electron chi connectivity index (χ4n) is 2.60. The minimum Gasteiger partial charge on any atom is -0.479 e. The van der Waals surface area contributed by atoms with Crippen molar-refractivity contribution in [3.05, 3.63) is 71.3 Å². The number of carbonyl (C=O) groups is 2. The van der Waals surface area contributed by atoms with Crippen LogP contribution in [0.3, 0.4) is 0 Å². The molecule has 150 valence electrons. The van der Waals surface area contributed by atoms with E-state index in [4.69, 9.17) is 5.73 Å². The molecule has 0 aliphatic rings. The number of alkyl halides is 3. The molecule has 3 atom stereocenters. The number of amides is 1. The summed E-state index contributed by atoms with van der Waals surface area (Å²) in [5, 5.41) is 21.5. The Balaban J connectivity index is 2.13. The molecular weight excluding hydrogens is 377 g/mol. The van der Waals surface area contributed by atoms with E-state index in [1.165, 1.54) is 0 Å². The first-order valence-electron chi connectivity index (χ1n) is 8.27. The Kier molecular flexibility index (Phi) is 6.76. The van der Waals surface area contributed by atoms with Crippen molar-refractivity contribution in [3.63, 3.8) is 0 Å². The van der Waals surface area contributed by atoms with E-state index in [1.807, 2.05) is 5.32 Å². The number of carbonyl (C=O) groups excluding carboxylic acids is 1. The van der Waals surface area contributed by atoms with Crippen molar-refractivity contribution in [3.8, 4) is 0 Å². The maximum absolute atomic E-state index is 12.8. The molecule has 0 radical (unpaired) electrons. The third-order valence-corrected chi connectivity index (χ3v) is 4.07. The van der Waals surface area contributed by atoms with Crippen LogP contribution in [-0.2, 0) is 22.2 Å². The maximum atomic E-state index is 12.8. The molecule has 2 aromatic carbocycles. The number of nitrogens with one attached hydrogen (secondary N) is 1. The van der Waals surface area contributed by atoms with Crippen molar-refractivity contribution in [1.82, 2.24) is 5.32 Å². The smallest absolute Gasteiger partial charge is 0.416 e. The second kappa shape index (κ2) is 8.85. The molecule has 2 rings (SSSR count). The van der Waals surface area contributed by atoms with Crippen molar-refractivity contribution in [2.75, 3.05) is 0 Å². The fourth-order valence-corrected chi connectivity index (χ4v) is 2.60. The van der Waals surface area contributed by atoms with Gasteiger partial charge in [-0.2, -0.15) is 13.2 Å². The second-order valence-electron chi connectivity index (χ2n) is 6.20. The third kappa shape index (κ3) is 5.54. The summed E-state index contributed by atoms with van der Waals surface area (Å²) < 4.78 is 38.5. The molecule has 2 aromatic rings. The highest BCUT2D eigenvalue weighted by molar-refractivity contribution is 5.87. The van der Waals surface area contributed by atoms with Crippen molar-refractivity contribution in [1.29, 1.82) is 0 Å². The molecule has 0 heterocycles. The SMILES string of the molecule is N[C@H](Cc1ccccc1)[C@H](O)C(=O)N[C@H](C(=O)O)c1cccc(C(F)(F)F)c1. The van der Waals surface area contributed by atoms with E-state index < -0.39 is 41.8 Å². The van der Waals surface area contributed by atoms with Crippen molar-refractivity contribution >= 4 is 11.9 Å². The highest BCUT2D eigenvalue weighted by atomic mass is 19.4. The number of aliphatic carboxylic acids is 1. The van der Waals surface area contributed by atoms with E-state index >= 15 is 0 Å². The Morgan fingerprint density at radius 2 is 1.71 bits per heavy atom. The molecule has 0 bridgehead atoms. The minimum atomic E-state index is -4.67. The topological polar surface area (TPSA) is 113 Å². The van der Waals surface area contributed by atoms with E-state index in [1.54, 1.807) is 30.3 Å². The molecule has 0 saturated carbocycles. The molecular formula is C19H19F3N2O4. The molecule has 0 fully saturated rings. The predicted octanol–water partition coefficient (Wildman–Crippen LogP) is 1.88. The van der Waals surface area contributed by atoms with Crippen LogP contribution in [0.5, 0.6) is 0 Å². The number of rotatable bonds is 7. The lowest BCUT2D eigenvalue weighted by Crippen LogP contribution is -2.49. The number of benzene rings is 2. The average Bonchev–Trinajstić information content (AvgIpc) is 2.65. The van der Waals surface area contributed by atoms with Gasteiger partial charge in [0, 0.05) is 6.04 Å². The number of carboxylic acids is 1. The zero-order valence-corrected chi connectivity index (χ0v) is 14.6. The summed E-state index contributed by atoms with van der Waals surface area (Å²) in [5.41, 5.74) is 5.25. The molecule has 0 aromatic heterocycles. The number of aliphatic hydroxyl groups is 1. The Morgan fingerprint density at radius 3 is 2.29 bits per heavy atom. The molecule has 28 heavy (non-hydrogen) atoms. The Labute approximate surface area is 158 Å². The Morgan fingerprint density at radius 1 is 1.07 bits per heavy atom. The zero-order valence-electron chi connectivity index (χ0n) is 14.6. The number of halogens is 3. The van der Waals surface area contributed by atoms with Crippen LogP contribution >= 0.6 is 0 Å². The number of hydrogen-bond donors (Lipinski definition) is 4. The van der Waals surface area contributed by atoms with E-state index in [9.17, 15) is 33.0 Å². The van der Waals surface area contributed by atoms with Crippen LogP contribution in [-0.4, -0.2) is 34.2 Å². The average molecular weight is 396 g/mol. The van der Waals surface area contributed by atoms with Gasteiger partial charge in [0.05, 0.1) is 5.56 Å². The summed E-state index contributed by atoms with van der Waals surface area (Å²) in [5.74, 6) is -2.66. The molecule has 0 spiro atoms. The zero-order chi connectivity index (χ0) is 20.9. The van der Waals surface area contributed by atoms with Gasteiger partial charge in [0.15, 0.2) is 6.04 Å². The van der Waals surface area contributed by atoms with Gasteiger partial charge in [-0.3, -0.25) is 4.79 Å². The lowest BCUT2D eigenvalue weighted by molar-refractivity contribution is -0.144. The lowest BCUT2D eigenvalue weighted by Gasteiger charge is -2.22. The molecule has 5 N–H and O–H groups in total. The van der Waals surface area contributed by atoms with E-state index in [2.05, 4.69) is 0 Å². The number of nitrogens with two attached hydrogens (primary N) is 1. The van der Waals surface area contributed by atoms with Gasteiger partial charge in [-0.15, -0.1) is 0 Å². The van der Waals surface area contributed by atoms with E-state index in [-0.39, 0.29) is 12.0 Å². The highest BCUT2D eigenvalue weighted by Crippen LogP contribution is 2.30. The summed E-state index contributed by atoms with van der Waals surface area (Å²) in [6.07, 6.45) is -6.26. The fraction of sp³-hybridized carbons (Fsp3) is 0.263. The number of hydrogen-bond acceptors (Lipinski definition) is 4. The lowest BCUT2D eigenvalue weighted by atomic mass is 10.00. The summed E-state index contributed by atoms with van der Waals surface area (Å²) in [4.78, 5) is 23.7. The molecule has 0 aliphatic heterocycles. The van der Waals surface area contributed by atoms with Gasteiger partial charge >= 0.3 is 12.1 Å². The van der Waals surface area contributed by atoms with Gasteiger partial charge in [0.25, 0.3) is 5.91 Å².